The molecule has 5 heteroatoms. The third-order valence-electron chi connectivity index (χ3n) is 3.26. The number of rotatable bonds is 3. The summed E-state index contributed by atoms with van der Waals surface area (Å²) in [5.41, 5.74) is 1.93. The molecule has 2 aromatic carbocycles. The molecule has 0 spiro atoms. The van der Waals surface area contributed by atoms with Crippen molar-refractivity contribution in [1.29, 1.82) is 0 Å². The van der Waals surface area contributed by atoms with Gasteiger partial charge >= 0.3 is 6.18 Å². The van der Waals surface area contributed by atoms with Crippen LogP contribution in [0, 0.1) is 6.92 Å². The van der Waals surface area contributed by atoms with E-state index >= 15 is 0 Å². The van der Waals surface area contributed by atoms with Crippen LogP contribution in [0.4, 0.5) is 18.9 Å². The molecule has 0 aliphatic heterocycles. The van der Waals surface area contributed by atoms with Crippen LogP contribution in [0.5, 0.6) is 0 Å². The Morgan fingerprint density at radius 3 is 2.38 bits per heavy atom. The van der Waals surface area contributed by atoms with Crippen molar-refractivity contribution >= 4 is 21.6 Å². The number of aryl methyl sites for hydroxylation is 1. The Morgan fingerprint density at radius 1 is 1.10 bits per heavy atom. The smallest absolute Gasteiger partial charge is 0.378 e. The van der Waals surface area contributed by atoms with Gasteiger partial charge in [-0.3, -0.25) is 0 Å². The predicted molar refractivity (Wildman–Crippen MR) is 82.4 cm³/mol. The zero-order valence-corrected chi connectivity index (χ0v) is 13.2. The highest BCUT2D eigenvalue weighted by Gasteiger charge is 2.31. The first-order valence-electron chi connectivity index (χ1n) is 6.47. The van der Waals surface area contributed by atoms with Gasteiger partial charge < -0.3 is 5.32 Å². The van der Waals surface area contributed by atoms with Crippen molar-refractivity contribution in [2.24, 2.45) is 0 Å². The van der Waals surface area contributed by atoms with E-state index < -0.39 is 11.7 Å². The van der Waals surface area contributed by atoms with Gasteiger partial charge in [0.1, 0.15) is 0 Å². The maximum atomic E-state index is 12.8. The van der Waals surface area contributed by atoms with Crippen molar-refractivity contribution in [3.05, 3.63) is 63.6 Å². The molecular weight excluding hydrogens is 343 g/mol. The average molecular weight is 358 g/mol. The Labute approximate surface area is 130 Å². The van der Waals surface area contributed by atoms with E-state index in [-0.39, 0.29) is 6.04 Å². The van der Waals surface area contributed by atoms with Gasteiger partial charge in [0.25, 0.3) is 0 Å². The number of hydrogen-bond donors (Lipinski definition) is 1. The highest BCUT2D eigenvalue weighted by molar-refractivity contribution is 9.10. The fourth-order valence-corrected chi connectivity index (χ4v) is 2.73. The lowest BCUT2D eigenvalue weighted by Crippen LogP contribution is -2.10. The molecule has 1 atom stereocenters. The van der Waals surface area contributed by atoms with Gasteiger partial charge in [-0.05, 0) is 43.2 Å². The predicted octanol–water partition coefficient (Wildman–Crippen LogP) is 5.95. The van der Waals surface area contributed by atoms with Gasteiger partial charge in [-0.1, -0.05) is 40.2 Å². The molecule has 0 aliphatic carbocycles. The van der Waals surface area contributed by atoms with Crippen molar-refractivity contribution in [3.63, 3.8) is 0 Å². The zero-order valence-electron chi connectivity index (χ0n) is 11.6. The quantitative estimate of drug-likeness (QED) is 0.715. The van der Waals surface area contributed by atoms with Crippen LogP contribution in [0.2, 0.25) is 0 Å². The van der Waals surface area contributed by atoms with Crippen molar-refractivity contribution in [1.82, 2.24) is 0 Å². The number of benzene rings is 2. The third kappa shape index (κ3) is 4.00. The van der Waals surface area contributed by atoms with Gasteiger partial charge in [0.2, 0.25) is 0 Å². The lowest BCUT2D eigenvalue weighted by atomic mass is 10.0. The standard InChI is InChI=1S/C16H15BrF3N/c1-10-5-3-4-6-15(10)11(2)21-14-8-12(16(18,19)20)7-13(17)9-14/h3-9,11,21H,1-2H3. The van der Waals surface area contributed by atoms with E-state index in [0.29, 0.717) is 10.2 Å². The summed E-state index contributed by atoms with van der Waals surface area (Å²) < 4.78 is 38.9. The van der Waals surface area contributed by atoms with Crippen LogP contribution in [-0.2, 0) is 6.18 Å². The van der Waals surface area contributed by atoms with Crippen LogP contribution < -0.4 is 5.32 Å². The Hall–Kier alpha value is -1.49. The van der Waals surface area contributed by atoms with Crippen molar-refractivity contribution in [2.45, 2.75) is 26.1 Å². The minimum absolute atomic E-state index is 0.0819. The van der Waals surface area contributed by atoms with Gasteiger partial charge in [0.15, 0.2) is 0 Å². The van der Waals surface area contributed by atoms with Crippen LogP contribution >= 0.6 is 15.9 Å². The molecule has 0 saturated heterocycles. The molecule has 0 aromatic heterocycles. The topological polar surface area (TPSA) is 12.0 Å². The molecule has 0 bridgehead atoms. The van der Waals surface area contributed by atoms with E-state index in [0.717, 1.165) is 23.3 Å². The molecule has 0 fully saturated rings. The molecular formula is C16H15BrF3N. The summed E-state index contributed by atoms with van der Waals surface area (Å²) in [5, 5.41) is 3.12. The molecule has 112 valence electrons. The third-order valence-corrected chi connectivity index (χ3v) is 3.72. The molecule has 21 heavy (non-hydrogen) atoms. The van der Waals surface area contributed by atoms with Gasteiger partial charge in [0, 0.05) is 16.2 Å². The summed E-state index contributed by atoms with van der Waals surface area (Å²) >= 11 is 3.13. The van der Waals surface area contributed by atoms with Crippen molar-refractivity contribution < 1.29 is 13.2 Å². The van der Waals surface area contributed by atoms with Gasteiger partial charge in [0.05, 0.1) is 5.56 Å². The van der Waals surface area contributed by atoms with E-state index in [1.807, 2.05) is 38.1 Å². The van der Waals surface area contributed by atoms with Gasteiger partial charge in [-0.2, -0.15) is 13.2 Å². The number of alkyl halides is 3. The minimum Gasteiger partial charge on any atom is -0.378 e. The maximum absolute atomic E-state index is 12.8. The second-order valence-corrected chi connectivity index (χ2v) is 5.86. The molecule has 0 radical (unpaired) electrons. The number of nitrogens with one attached hydrogen (secondary N) is 1. The Balaban J connectivity index is 2.28. The number of hydrogen-bond acceptors (Lipinski definition) is 1. The fraction of sp³-hybridized carbons (Fsp3) is 0.250. The first kappa shape index (κ1) is 15.9. The van der Waals surface area contributed by atoms with Crippen LogP contribution in [0.1, 0.15) is 29.7 Å². The summed E-state index contributed by atoms with van der Waals surface area (Å²) in [6, 6.07) is 11.6. The summed E-state index contributed by atoms with van der Waals surface area (Å²) in [4.78, 5) is 0. The SMILES string of the molecule is Cc1ccccc1C(C)Nc1cc(Br)cc(C(F)(F)F)c1. The number of halogens is 4. The summed E-state index contributed by atoms with van der Waals surface area (Å²) in [5.74, 6) is 0. The van der Waals surface area contributed by atoms with Crippen LogP contribution in [0.25, 0.3) is 0 Å². The van der Waals surface area contributed by atoms with Crippen molar-refractivity contribution in [2.75, 3.05) is 5.32 Å². The molecule has 2 aromatic rings. The summed E-state index contributed by atoms with van der Waals surface area (Å²) in [6.45, 7) is 3.91. The van der Waals surface area contributed by atoms with Crippen LogP contribution in [0.3, 0.4) is 0 Å². The normalized spacial score (nSPS) is 13.0. The fourth-order valence-electron chi connectivity index (χ4n) is 2.24. The van der Waals surface area contributed by atoms with Gasteiger partial charge in [-0.25, -0.2) is 0 Å². The summed E-state index contributed by atoms with van der Waals surface area (Å²) in [6.07, 6.45) is -4.36. The second-order valence-electron chi connectivity index (χ2n) is 4.95. The first-order chi connectivity index (χ1) is 9.77. The molecule has 0 amide bonds. The van der Waals surface area contributed by atoms with E-state index in [4.69, 9.17) is 0 Å². The molecule has 1 N–H and O–H groups in total. The highest BCUT2D eigenvalue weighted by atomic mass is 79.9. The van der Waals surface area contributed by atoms with Crippen molar-refractivity contribution in [3.8, 4) is 0 Å². The second kappa shape index (κ2) is 6.10. The average Bonchev–Trinajstić information content (AvgIpc) is 2.37. The van der Waals surface area contributed by atoms with Gasteiger partial charge in [-0.15, -0.1) is 0 Å². The lowest BCUT2D eigenvalue weighted by molar-refractivity contribution is -0.137. The molecule has 2 rings (SSSR count). The largest absolute Gasteiger partial charge is 0.416 e. The van der Waals surface area contributed by atoms with E-state index in [1.54, 1.807) is 6.07 Å². The maximum Gasteiger partial charge on any atom is 0.416 e. The van der Waals surface area contributed by atoms with E-state index in [9.17, 15) is 13.2 Å². The van der Waals surface area contributed by atoms with Crippen LogP contribution in [-0.4, -0.2) is 0 Å². The molecule has 0 aliphatic rings. The minimum atomic E-state index is -4.36. The first-order valence-corrected chi connectivity index (χ1v) is 7.26. The molecule has 0 heterocycles. The van der Waals surface area contributed by atoms with Crippen LogP contribution in [0.15, 0.2) is 46.9 Å². The molecule has 1 unspecified atom stereocenters. The Morgan fingerprint density at radius 2 is 1.76 bits per heavy atom. The molecule has 1 nitrogen and oxygen atoms in total. The monoisotopic (exact) mass is 357 g/mol. The Bertz CT molecular complexity index is 638. The Kier molecular flexibility index (Phi) is 4.61. The lowest BCUT2D eigenvalue weighted by Gasteiger charge is -2.19. The zero-order chi connectivity index (χ0) is 15.6. The highest BCUT2D eigenvalue weighted by Crippen LogP contribution is 2.34. The molecule has 0 saturated carbocycles. The summed E-state index contributed by atoms with van der Waals surface area (Å²) in [7, 11) is 0. The number of anilines is 1. The van der Waals surface area contributed by atoms with E-state index in [1.165, 1.54) is 0 Å². The van der Waals surface area contributed by atoms with E-state index in [2.05, 4.69) is 21.2 Å².